The number of rotatable bonds is 8. The van der Waals surface area contributed by atoms with Crippen LogP contribution in [-0.4, -0.2) is 63.8 Å². The molecule has 0 saturated carbocycles. The van der Waals surface area contributed by atoms with Crippen LogP contribution < -0.4 is 10.6 Å². The Morgan fingerprint density at radius 1 is 1.29 bits per heavy atom. The highest BCUT2D eigenvalue weighted by molar-refractivity contribution is 14.0. The molecule has 0 aliphatic carbocycles. The average Bonchev–Trinajstić information content (AvgIpc) is 2.67. The number of guanidine groups is 1. The summed E-state index contributed by atoms with van der Waals surface area (Å²) in [4.78, 5) is 6.76. The second-order valence-corrected chi connectivity index (χ2v) is 8.56. The van der Waals surface area contributed by atoms with E-state index in [4.69, 9.17) is 4.74 Å². The first-order chi connectivity index (χ1) is 13.0. The van der Waals surface area contributed by atoms with Gasteiger partial charge in [0, 0.05) is 43.4 Å². The number of likely N-dealkylation sites (N-methyl/N-ethyl adjacent to an activating group) is 1. The van der Waals surface area contributed by atoms with Gasteiger partial charge in [0.2, 0.25) is 0 Å². The van der Waals surface area contributed by atoms with Crippen LogP contribution in [0.3, 0.4) is 0 Å². The topological polar surface area (TPSA) is 48.9 Å². The lowest BCUT2D eigenvalue weighted by Crippen LogP contribution is -2.57. The van der Waals surface area contributed by atoms with Crippen LogP contribution in [-0.2, 0) is 11.2 Å². The van der Waals surface area contributed by atoms with Gasteiger partial charge in [-0.15, -0.1) is 24.0 Å². The molecule has 160 valence electrons. The Hall–Kier alpha value is -0.380. The SMILES string of the molecule is CCC(CNC(=NC)NCC1(N(C)C)CCOCC1)Cc1cccc(Br)c1.I. The van der Waals surface area contributed by atoms with Crippen molar-refractivity contribution >= 4 is 45.9 Å². The number of ether oxygens (including phenoxy) is 1. The summed E-state index contributed by atoms with van der Waals surface area (Å²) in [7, 11) is 6.17. The van der Waals surface area contributed by atoms with E-state index in [0.717, 1.165) is 62.4 Å². The minimum atomic E-state index is 0. The van der Waals surface area contributed by atoms with Crippen molar-refractivity contribution in [1.29, 1.82) is 0 Å². The van der Waals surface area contributed by atoms with E-state index in [1.165, 1.54) is 5.56 Å². The van der Waals surface area contributed by atoms with Gasteiger partial charge in [0.05, 0.1) is 0 Å². The summed E-state index contributed by atoms with van der Waals surface area (Å²) < 4.78 is 6.71. The van der Waals surface area contributed by atoms with E-state index < -0.39 is 0 Å². The third kappa shape index (κ3) is 7.80. The number of hydrogen-bond donors (Lipinski definition) is 2. The van der Waals surface area contributed by atoms with Crippen LogP contribution >= 0.6 is 39.9 Å². The summed E-state index contributed by atoms with van der Waals surface area (Å²) >= 11 is 3.56. The average molecular weight is 567 g/mol. The minimum absolute atomic E-state index is 0. The van der Waals surface area contributed by atoms with Gasteiger partial charge < -0.3 is 20.3 Å². The van der Waals surface area contributed by atoms with Crippen molar-refractivity contribution in [1.82, 2.24) is 15.5 Å². The quantitative estimate of drug-likeness (QED) is 0.284. The fraction of sp³-hybridized carbons (Fsp3) is 0.667. The Morgan fingerprint density at radius 2 is 2.00 bits per heavy atom. The molecule has 1 aromatic carbocycles. The fourth-order valence-electron chi connectivity index (χ4n) is 3.60. The van der Waals surface area contributed by atoms with Gasteiger partial charge >= 0.3 is 0 Å². The van der Waals surface area contributed by atoms with Crippen LogP contribution in [0.15, 0.2) is 33.7 Å². The Labute approximate surface area is 196 Å². The molecule has 28 heavy (non-hydrogen) atoms. The molecule has 0 bridgehead atoms. The first-order valence-corrected chi connectivity index (χ1v) is 10.7. The predicted molar refractivity (Wildman–Crippen MR) is 133 cm³/mol. The highest BCUT2D eigenvalue weighted by Crippen LogP contribution is 2.25. The smallest absolute Gasteiger partial charge is 0.191 e. The summed E-state index contributed by atoms with van der Waals surface area (Å²) in [5.74, 6) is 1.46. The lowest BCUT2D eigenvalue weighted by Gasteiger charge is -2.43. The zero-order valence-corrected chi connectivity index (χ0v) is 21.5. The van der Waals surface area contributed by atoms with Crippen LogP contribution in [0.4, 0.5) is 0 Å². The van der Waals surface area contributed by atoms with E-state index in [-0.39, 0.29) is 29.5 Å². The van der Waals surface area contributed by atoms with E-state index >= 15 is 0 Å². The van der Waals surface area contributed by atoms with Crippen molar-refractivity contribution < 1.29 is 4.74 Å². The van der Waals surface area contributed by atoms with Crippen LogP contribution in [0.5, 0.6) is 0 Å². The van der Waals surface area contributed by atoms with Gasteiger partial charge in [-0.3, -0.25) is 4.99 Å². The third-order valence-electron chi connectivity index (χ3n) is 5.73. The molecule has 7 heteroatoms. The largest absolute Gasteiger partial charge is 0.381 e. The van der Waals surface area contributed by atoms with Crippen molar-refractivity contribution in [2.75, 3.05) is 47.4 Å². The van der Waals surface area contributed by atoms with Gasteiger partial charge in [-0.05, 0) is 57.0 Å². The number of hydrogen-bond acceptors (Lipinski definition) is 3. The van der Waals surface area contributed by atoms with Gasteiger partial charge in [-0.25, -0.2) is 0 Å². The molecule has 0 aromatic heterocycles. The molecule has 5 nitrogen and oxygen atoms in total. The molecule has 1 atom stereocenters. The molecule has 1 aromatic rings. The molecule has 1 heterocycles. The van der Waals surface area contributed by atoms with Crippen LogP contribution in [0, 0.1) is 5.92 Å². The van der Waals surface area contributed by atoms with E-state index in [0.29, 0.717) is 5.92 Å². The number of nitrogens with one attached hydrogen (secondary N) is 2. The standard InChI is InChI=1S/C21H35BrN4O.HI/c1-5-17(13-18-7-6-8-19(22)14-18)15-24-20(23-2)25-16-21(26(3)4)9-11-27-12-10-21;/h6-8,14,17H,5,9-13,15-16H2,1-4H3,(H2,23,24,25);1H. The first kappa shape index (κ1) is 25.7. The van der Waals surface area contributed by atoms with Crippen LogP contribution in [0.25, 0.3) is 0 Å². The number of benzene rings is 1. The van der Waals surface area contributed by atoms with Crippen LogP contribution in [0.1, 0.15) is 31.7 Å². The predicted octanol–water partition coefficient (Wildman–Crippen LogP) is 3.91. The summed E-state index contributed by atoms with van der Waals surface area (Å²) in [6.45, 7) is 5.71. The number of aliphatic imine (C=N–C) groups is 1. The van der Waals surface area contributed by atoms with Gasteiger partial charge in [-0.2, -0.15) is 0 Å². The number of nitrogens with zero attached hydrogens (tertiary/aromatic N) is 2. The summed E-state index contributed by atoms with van der Waals surface area (Å²) in [6, 6.07) is 8.59. The Bertz CT molecular complexity index is 606. The van der Waals surface area contributed by atoms with Gasteiger partial charge in [0.1, 0.15) is 0 Å². The molecule has 2 N–H and O–H groups in total. The lowest BCUT2D eigenvalue weighted by molar-refractivity contribution is -0.00501. The molecule has 2 rings (SSSR count). The molecule has 1 unspecified atom stereocenters. The highest BCUT2D eigenvalue weighted by Gasteiger charge is 2.34. The maximum absolute atomic E-state index is 5.56. The summed E-state index contributed by atoms with van der Waals surface area (Å²) in [6.07, 6.45) is 4.29. The zero-order chi connectivity index (χ0) is 19.7. The van der Waals surface area contributed by atoms with Gasteiger partial charge in [0.25, 0.3) is 0 Å². The van der Waals surface area contributed by atoms with Crippen LogP contribution in [0.2, 0.25) is 0 Å². The minimum Gasteiger partial charge on any atom is -0.381 e. The first-order valence-electron chi connectivity index (χ1n) is 9.93. The molecule has 1 aliphatic rings. The summed E-state index contributed by atoms with van der Waals surface area (Å²) in [5, 5.41) is 7.08. The van der Waals surface area contributed by atoms with E-state index in [1.807, 2.05) is 7.05 Å². The second-order valence-electron chi connectivity index (χ2n) is 7.65. The van der Waals surface area contributed by atoms with Crippen molar-refractivity contribution in [3.8, 4) is 0 Å². The molecule has 0 amide bonds. The normalized spacial score (nSPS) is 17.7. The van der Waals surface area contributed by atoms with E-state index in [1.54, 1.807) is 0 Å². The van der Waals surface area contributed by atoms with Crippen molar-refractivity contribution in [3.05, 3.63) is 34.3 Å². The van der Waals surface area contributed by atoms with Gasteiger partial charge in [0.15, 0.2) is 5.96 Å². The van der Waals surface area contributed by atoms with Gasteiger partial charge in [-0.1, -0.05) is 41.4 Å². The highest BCUT2D eigenvalue weighted by atomic mass is 127. The van der Waals surface area contributed by atoms with Crippen molar-refractivity contribution in [3.63, 3.8) is 0 Å². The maximum atomic E-state index is 5.56. The Morgan fingerprint density at radius 3 is 2.57 bits per heavy atom. The van der Waals surface area contributed by atoms with E-state index in [2.05, 4.69) is 81.7 Å². The van der Waals surface area contributed by atoms with Crippen molar-refractivity contribution in [2.24, 2.45) is 10.9 Å². The molecular weight excluding hydrogens is 531 g/mol. The monoisotopic (exact) mass is 566 g/mol. The molecule has 1 saturated heterocycles. The van der Waals surface area contributed by atoms with E-state index in [9.17, 15) is 0 Å². The lowest BCUT2D eigenvalue weighted by atomic mass is 9.88. The zero-order valence-electron chi connectivity index (χ0n) is 17.6. The molecular formula is C21H36BrIN4O. The molecule has 0 spiro atoms. The fourth-order valence-corrected chi connectivity index (χ4v) is 4.05. The maximum Gasteiger partial charge on any atom is 0.191 e. The molecule has 1 aliphatic heterocycles. The Kier molecular flexibility index (Phi) is 11.9. The second kappa shape index (κ2) is 13.0. The molecule has 0 radical (unpaired) electrons. The third-order valence-corrected chi connectivity index (χ3v) is 6.22. The molecule has 1 fully saturated rings. The summed E-state index contributed by atoms with van der Waals surface area (Å²) in [5.41, 5.74) is 1.51. The Balaban J connectivity index is 0.00000392. The number of halogens is 2. The van der Waals surface area contributed by atoms with Crippen molar-refractivity contribution in [2.45, 2.75) is 38.1 Å².